The first kappa shape index (κ1) is 10.8. The Kier molecular flexibility index (Phi) is 3.17. The molecule has 0 heterocycles. The molecule has 2 N–H and O–H groups in total. The number of benzene rings is 1. The lowest BCUT2D eigenvalue weighted by atomic mass is 9.90. The Labute approximate surface area is 95.4 Å². The summed E-state index contributed by atoms with van der Waals surface area (Å²) in [7, 11) is 1.65. The Morgan fingerprint density at radius 3 is 2.80 bits per heavy atom. The smallest absolute Gasteiger partial charge is 0.142 e. The van der Waals surface area contributed by atoms with Crippen LogP contribution >= 0.6 is 11.6 Å². The topological polar surface area (TPSA) is 35.2 Å². The highest BCUT2D eigenvalue weighted by Gasteiger charge is 2.18. The molecule has 2 rings (SSSR count). The Morgan fingerprint density at radius 2 is 2.13 bits per heavy atom. The molecule has 1 aromatic carbocycles. The first-order valence-corrected chi connectivity index (χ1v) is 5.73. The van der Waals surface area contributed by atoms with Gasteiger partial charge in [-0.15, -0.1) is 0 Å². The van der Waals surface area contributed by atoms with Gasteiger partial charge >= 0.3 is 0 Å². The number of rotatable bonds is 2. The van der Waals surface area contributed by atoms with Crippen LogP contribution in [0.3, 0.4) is 0 Å². The fourth-order valence-electron chi connectivity index (χ4n) is 2.26. The van der Waals surface area contributed by atoms with Crippen molar-refractivity contribution < 1.29 is 4.74 Å². The maximum Gasteiger partial charge on any atom is 0.142 e. The number of hydrogen-bond donors (Lipinski definition) is 1. The third-order valence-corrected chi connectivity index (χ3v) is 3.44. The monoisotopic (exact) mass is 225 g/mol. The molecule has 0 saturated carbocycles. The number of nitrogens with two attached hydrogens (primary N) is 1. The van der Waals surface area contributed by atoms with Gasteiger partial charge in [0.05, 0.1) is 12.1 Å². The summed E-state index contributed by atoms with van der Waals surface area (Å²) >= 11 is 6.33. The molecule has 0 aromatic heterocycles. The van der Waals surface area contributed by atoms with Crippen molar-refractivity contribution in [2.24, 2.45) is 5.73 Å². The molecule has 0 amide bonds. The average molecular weight is 226 g/mol. The van der Waals surface area contributed by atoms with Gasteiger partial charge in [-0.2, -0.15) is 0 Å². The van der Waals surface area contributed by atoms with Crippen LogP contribution in [0.25, 0.3) is 0 Å². The summed E-state index contributed by atoms with van der Waals surface area (Å²) < 4.78 is 5.32. The van der Waals surface area contributed by atoms with Crippen molar-refractivity contribution in [2.45, 2.75) is 32.2 Å². The van der Waals surface area contributed by atoms with Gasteiger partial charge < -0.3 is 10.5 Å². The predicted molar refractivity (Wildman–Crippen MR) is 62.5 cm³/mol. The standard InChI is InChI=1S/C12H16ClNO/c1-15-12-9(7-14)6-8-4-2-3-5-10(8)11(12)13/h6H,2-5,7,14H2,1H3. The van der Waals surface area contributed by atoms with E-state index in [0.29, 0.717) is 6.54 Å². The number of hydrogen-bond acceptors (Lipinski definition) is 2. The van der Waals surface area contributed by atoms with Gasteiger partial charge in [0.2, 0.25) is 0 Å². The Balaban J connectivity index is 2.57. The van der Waals surface area contributed by atoms with E-state index in [1.807, 2.05) is 0 Å². The summed E-state index contributed by atoms with van der Waals surface area (Å²) in [6.45, 7) is 0.482. The van der Waals surface area contributed by atoms with E-state index in [1.54, 1.807) is 7.11 Å². The Bertz CT molecular complexity index is 362. The minimum Gasteiger partial charge on any atom is -0.495 e. The average Bonchev–Trinajstić information content (AvgIpc) is 2.29. The molecule has 1 aliphatic carbocycles. The number of aryl methyl sites for hydroxylation is 1. The van der Waals surface area contributed by atoms with Crippen LogP contribution in [0.2, 0.25) is 5.02 Å². The van der Waals surface area contributed by atoms with Crippen LogP contribution in [0.15, 0.2) is 6.07 Å². The molecular weight excluding hydrogens is 210 g/mol. The van der Waals surface area contributed by atoms with Gasteiger partial charge in [0.25, 0.3) is 0 Å². The molecule has 0 atom stereocenters. The lowest BCUT2D eigenvalue weighted by molar-refractivity contribution is 0.409. The highest BCUT2D eigenvalue weighted by Crippen LogP contribution is 2.37. The van der Waals surface area contributed by atoms with Gasteiger partial charge in [0, 0.05) is 12.1 Å². The van der Waals surface area contributed by atoms with Gasteiger partial charge in [0.1, 0.15) is 5.75 Å². The minimum absolute atomic E-state index is 0.482. The fourth-order valence-corrected chi connectivity index (χ4v) is 2.68. The molecule has 0 unspecified atom stereocenters. The van der Waals surface area contributed by atoms with E-state index in [1.165, 1.54) is 24.0 Å². The van der Waals surface area contributed by atoms with E-state index < -0.39 is 0 Å². The molecule has 15 heavy (non-hydrogen) atoms. The van der Waals surface area contributed by atoms with Crippen LogP contribution < -0.4 is 10.5 Å². The zero-order valence-electron chi connectivity index (χ0n) is 8.98. The van der Waals surface area contributed by atoms with Crippen LogP contribution in [0.4, 0.5) is 0 Å². The first-order valence-electron chi connectivity index (χ1n) is 5.35. The van der Waals surface area contributed by atoms with Crippen molar-refractivity contribution in [2.75, 3.05) is 7.11 Å². The van der Waals surface area contributed by atoms with Crippen LogP contribution in [0.1, 0.15) is 29.5 Å². The molecule has 0 radical (unpaired) electrons. The maximum absolute atomic E-state index is 6.33. The van der Waals surface area contributed by atoms with E-state index >= 15 is 0 Å². The molecule has 0 aliphatic heterocycles. The molecular formula is C12H16ClNO. The molecule has 2 nitrogen and oxygen atoms in total. The molecule has 1 aliphatic rings. The van der Waals surface area contributed by atoms with Crippen molar-refractivity contribution in [3.63, 3.8) is 0 Å². The fraction of sp³-hybridized carbons (Fsp3) is 0.500. The number of methoxy groups -OCH3 is 1. The van der Waals surface area contributed by atoms with Crippen LogP contribution in [0.5, 0.6) is 5.75 Å². The summed E-state index contributed by atoms with van der Waals surface area (Å²) in [6, 6.07) is 2.15. The maximum atomic E-state index is 6.33. The third-order valence-electron chi connectivity index (χ3n) is 3.04. The molecule has 0 saturated heterocycles. The van der Waals surface area contributed by atoms with Crippen molar-refractivity contribution in [1.82, 2.24) is 0 Å². The van der Waals surface area contributed by atoms with Crippen molar-refractivity contribution in [3.05, 3.63) is 27.8 Å². The molecule has 0 fully saturated rings. The SMILES string of the molecule is COc1c(CN)cc2c(c1Cl)CCCC2. The summed E-state index contributed by atoms with van der Waals surface area (Å²) in [5.41, 5.74) is 9.32. The zero-order chi connectivity index (χ0) is 10.8. The molecule has 3 heteroatoms. The number of ether oxygens (including phenoxy) is 1. The second-order valence-corrected chi connectivity index (χ2v) is 4.31. The van der Waals surface area contributed by atoms with Crippen LogP contribution in [-0.4, -0.2) is 7.11 Å². The number of halogens is 1. The minimum atomic E-state index is 0.482. The Hall–Kier alpha value is -0.730. The second kappa shape index (κ2) is 4.42. The number of fused-ring (bicyclic) bond motifs is 1. The van der Waals surface area contributed by atoms with E-state index in [9.17, 15) is 0 Å². The van der Waals surface area contributed by atoms with Crippen LogP contribution in [-0.2, 0) is 19.4 Å². The van der Waals surface area contributed by atoms with Crippen molar-refractivity contribution >= 4 is 11.6 Å². The first-order chi connectivity index (χ1) is 7.27. The van der Waals surface area contributed by atoms with Gasteiger partial charge in [-0.25, -0.2) is 0 Å². The Morgan fingerprint density at radius 1 is 1.40 bits per heavy atom. The van der Waals surface area contributed by atoms with Gasteiger partial charge in [0.15, 0.2) is 0 Å². The summed E-state index contributed by atoms with van der Waals surface area (Å²) in [4.78, 5) is 0. The predicted octanol–water partition coefficient (Wildman–Crippen LogP) is 2.69. The zero-order valence-corrected chi connectivity index (χ0v) is 9.73. The third kappa shape index (κ3) is 1.84. The van der Waals surface area contributed by atoms with Crippen molar-refractivity contribution in [3.8, 4) is 5.75 Å². The van der Waals surface area contributed by atoms with E-state index in [4.69, 9.17) is 22.1 Å². The normalized spacial score (nSPS) is 14.9. The van der Waals surface area contributed by atoms with E-state index in [2.05, 4.69) is 6.07 Å². The quantitative estimate of drug-likeness (QED) is 0.840. The van der Waals surface area contributed by atoms with E-state index in [-0.39, 0.29) is 0 Å². The highest BCUT2D eigenvalue weighted by atomic mass is 35.5. The lowest BCUT2D eigenvalue weighted by Crippen LogP contribution is -2.08. The second-order valence-electron chi connectivity index (χ2n) is 3.93. The van der Waals surface area contributed by atoms with E-state index in [0.717, 1.165) is 29.2 Å². The lowest BCUT2D eigenvalue weighted by Gasteiger charge is -2.21. The summed E-state index contributed by atoms with van der Waals surface area (Å²) in [5.74, 6) is 0.764. The molecule has 82 valence electrons. The van der Waals surface area contributed by atoms with Gasteiger partial charge in [-0.3, -0.25) is 0 Å². The van der Waals surface area contributed by atoms with Gasteiger partial charge in [-0.1, -0.05) is 17.7 Å². The van der Waals surface area contributed by atoms with Crippen LogP contribution in [0, 0.1) is 0 Å². The summed E-state index contributed by atoms with van der Waals surface area (Å²) in [5, 5.41) is 0.773. The highest BCUT2D eigenvalue weighted by molar-refractivity contribution is 6.33. The largest absolute Gasteiger partial charge is 0.495 e. The summed E-state index contributed by atoms with van der Waals surface area (Å²) in [6.07, 6.45) is 4.65. The molecule has 0 bridgehead atoms. The molecule has 1 aromatic rings. The van der Waals surface area contributed by atoms with Crippen molar-refractivity contribution in [1.29, 1.82) is 0 Å². The van der Waals surface area contributed by atoms with Gasteiger partial charge in [-0.05, 0) is 36.8 Å². The molecule has 0 spiro atoms.